The van der Waals surface area contributed by atoms with Gasteiger partial charge in [-0.2, -0.15) is 0 Å². The van der Waals surface area contributed by atoms with Gasteiger partial charge in [0, 0.05) is 37.1 Å². The maximum absolute atomic E-state index is 12.0. The first-order valence-corrected chi connectivity index (χ1v) is 6.90. The van der Waals surface area contributed by atoms with Gasteiger partial charge in [0.15, 0.2) is 0 Å². The van der Waals surface area contributed by atoms with Crippen molar-refractivity contribution in [2.75, 3.05) is 13.6 Å². The van der Waals surface area contributed by atoms with Crippen LogP contribution in [0.15, 0.2) is 24.3 Å². The van der Waals surface area contributed by atoms with E-state index in [2.05, 4.69) is 26.1 Å². The van der Waals surface area contributed by atoms with E-state index in [1.165, 1.54) is 0 Å². The summed E-state index contributed by atoms with van der Waals surface area (Å²) < 4.78 is 0. The summed E-state index contributed by atoms with van der Waals surface area (Å²) in [5, 5.41) is 4.01. The van der Waals surface area contributed by atoms with E-state index in [1.54, 1.807) is 4.90 Å². The zero-order valence-corrected chi connectivity index (χ0v) is 12.9. The van der Waals surface area contributed by atoms with Crippen LogP contribution in [0.4, 0.5) is 0 Å². The Morgan fingerprint density at radius 2 is 1.95 bits per heavy atom. The van der Waals surface area contributed by atoms with Gasteiger partial charge in [-0.3, -0.25) is 4.79 Å². The highest BCUT2D eigenvalue weighted by atomic mass is 35.5. The fraction of sp³-hybridized carbons (Fsp3) is 0.533. The van der Waals surface area contributed by atoms with Gasteiger partial charge >= 0.3 is 0 Å². The molecule has 1 N–H and O–H groups in total. The van der Waals surface area contributed by atoms with Crippen molar-refractivity contribution in [1.29, 1.82) is 0 Å². The van der Waals surface area contributed by atoms with Crippen molar-refractivity contribution in [3.63, 3.8) is 0 Å². The number of carbonyl (C=O) groups is 1. The topological polar surface area (TPSA) is 32.3 Å². The van der Waals surface area contributed by atoms with Gasteiger partial charge in [-0.25, -0.2) is 0 Å². The van der Waals surface area contributed by atoms with Gasteiger partial charge in [0.1, 0.15) is 0 Å². The van der Waals surface area contributed by atoms with E-state index >= 15 is 0 Å². The summed E-state index contributed by atoms with van der Waals surface area (Å²) in [7, 11) is 1.81. The lowest BCUT2D eigenvalue weighted by molar-refractivity contribution is -0.130. The molecular formula is C15H23ClN2O. The van der Waals surface area contributed by atoms with Crippen molar-refractivity contribution >= 4 is 17.5 Å². The van der Waals surface area contributed by atoms with Crippen LogP contribution in [-0.4, -0.2) is 29.9 Å². The number of hydrogen-bond donors (Lipinski definition) is 1. The minimum absolute atomic E-state index is 0.0432. The molecule has 0 unspecified atom stereocenters. The fourth-order valence-electron chi connectivity index (χ4n) is 1.71. The van der Waals surface area contributed by atoms with E-state index in [4.69, 9.17) is 11.6 Å². The number of carbonyl (C=O) groups excluding carboxylic acids is 1. The number of amides is 1. The quantitative estimate of drug-likeness (QED) is 0.900. The zero-order chi connectivity index (χ0) is 14.5. The van der Waals surface area contributed by atoms with Crippen LogP contribution in [0.1, 0.15) is 32.8 Å². The van der Waals surface area contributed by atoms with Gasteiger partial charge in [0.25, 0.3) is 0 Å². The Morgan fingerprint density at radius 1 is 1.32 bits per heavy atom. The second-order valence-electron chi connectivity index (χ2n) is 5.77. The third-order valence-corrected chi connectivity index (χ3v) is 3.15. The maximum atomic E-state index is 12.0. The van der Waals surface area contributed by atoms with Crippen LogP contribution in [0.25, 0.3) is 0 Å². The highest BCUT2D eigenvalue weighted by Crippen LogP contribution is 2.16. The first kappa shape index (κ1) is 16.0. The van der Waals surface area contributed by atoms with Crippen LogP contribution in [0.5, 0.6) is 0 Å². The first-order valence-electron chi connectivity index (χ1n) is 6.52. The highest BCUT2D eigenvalue weighted by Gasteiger charge is 2.13. The largest absolute Gasteiger partial charge is 0.341 e. The SMILES string of the molecule is CN(Cc1ccccc1Cl)C(=O)CCNC(C)(C)C. The first-order chi connectivity index (χ1) is 8.79. The van der Waals surface area contributed by atoms with Crippen LogP contribution in [0.2, 0.25) is 5.02 Å². The van der Waals surface area contributed by atoms with Crippen molar-refractivity contribution in [2.45, 2.75) is 39.3 Å². The Kier molecular flexibility index (Phi) is 5.83. The summed E-state index contributed by atoms with van der Waals surface area (Å²) in [6.07, 6.45) is 0.498. The monoisotopic (exact) mass is 282 g/mol. The van der Waals surface area contributed by atoms with Crippen LogP contribution < -0.4 is 5.32 Å². The number of nitrogens with zero attached hydrogens (tertiary/aromatic N) is 1. The van der Waals surface area contributed by atoms with E-state index in [1.807, 2.05) is 31.3 Å². The van der Waals surface area contributed by atoms with Gasteiger partial charge in [-0.15, -0.1) is 0 Å². The van der Waals surface area contributed by atoms with Crippen LogP contribution in [0.3, 0.4) is 0 Å². The van der Waals surface area contributed by atoms with E-state index in [0.717, 1.165) is 5.56 Å². The van der Waals surface area contributed by atoms with Crippen molar-refractivity contribution in [3.8, 4) is 0 Å². The molecule has 0 radical (unpaired) electrons. The molecule has 0 saturated heterocycles. The average molecular weight is 283 g/mol. The molecular weight excluding hydrogens is 260 g/mol. The number of rotatable bonds is 5. The lowest BCUT2D eigenvalue weighted by Crippen LogP contribution is -2.38. The Labute approximate surface area is 120 Å². The Balaban J connectivity index is 2.43. The predicted octanol–water partition coefficient (Wildman–Crippen LogP) is 3.08. The molecule has 0 spiro atoms. The van der Waals surface area contributed by atoms with Crippen molar-refractivity contribution in [2.24, 2.45) is 0 Å². The normalized spacial score (nSPS) is 11.4. The van der Waals surface area contributed by atoms with Gasteiger partial charge in [-0.05, 0) is 32.4 Å². The van der Waals surface area contributed by atoms with E-state index < -0.39 is 0 Å². The lowest BCUT2D eigenvalue weighted by atomic mass is 10.1. The Morgan fingerprint density at radius 3 is 2.53 bits per heavy atom. The summed E-state index contributed by atoms with van der Waals surface area (Å²) in [5.74, 6) is 0.122. The molecule has 1 aromatic carbocycles. The van der Waals surface area contributed by atoms with Crippen molar-refractivity contribution in [3.05, 3.63) is 34.9 Å². The number of nitrogens with one attached hydrogen (secondary N) is 1. The third-order valence-electron chi connectivity index (χ3n) is 2.79. The molecule has 0 aliphatic carbocycles. The number of hydrogen-bond acceptors (Lipinski definition) is 2. The van der Waals surface area contributed by atoms with Gasteiger partial charge in [-0.1, -0.05) is 29.8 Å². The number of halogens is 1. The summed E-state index contributed by atoms with van der Waals surface area (Å²) in [5.41, 5.74) is 1.02. The molecule has 1 amide bonds. The third kappa shape index (κ3) is 6.08. The highest BCUT2D eigenvalue weighted by molar-refractivity contribution is 6.31. The summed E-state index contributed by atoms with van der Waals surface area (Å²) in [6.45, 7) is 7.50. The second kappa shape index (κ2) is 6.92. The molecule has 0 bridgehead atoms. The minimum atomic E-state index is 0.0432. The Bertz CT molecular complexity index is 426. The molecule has 1 rings (SSSR count). The van der Waals surface area contributed by atoms with E-state index in [-0.39, 0.29) is 11.4 Å². The molecule has 0 aromatic heterocycles. The van der Waals surface area contributed by atoms with E-state index in [9.17, 15) is 4.79 Å². The summed E-state index contributed by atoms with van der Waals surface area (Å²) in [4.78, 5) is 13.7. The smallest absolute Gasteiger partial charge is 0.223 e. The average Bonchev–Trinajstić information content (AvgIpc) is 2.30. The molecule has 0 aliphatic heterocycles. The molecule has 106 valence electrons. The molecule has 1 aromatic rings. The van der Waals surface area contributed by atoms with Gasteiger partial charge < -0.3 is 10.2 Å². The molecule has 4 heteroatoms. The Hall–Kier alpha value is -1.06. The van der Waals surface area contributed by atoms with Crippen LogP contribution in [-0.2, 0) is 11.3 Å². The maximum Gasteiger partial charge on any atom is 0.223 e. The predicted molar refractivity (Wildman–Crippen MR) is 80.3 cm³/mol. The molecule has 3 nitrogen and oxygen atoms in total. The summed E-state index contributed by atoms with van der Waals surface area (Å²) in [6, 6.07) is 7.61. The van der Waals surface area contributed by atoms with Crippen molar-refractivity contribution in [1.82, 2.24) is 10.2 Å². The molecule has 0 saturated carbocycles. The fourth-order valence-corrected chi connectivity index (χ4v) is 1.90. The molecule has 0 aliphatic rings. The van der Waals surface area contributed by atoms with Gasteiger partial charge in [0.05, 0.1) is 0 Å². The van der Waals surface area contributed by atoms with Gasteiger partial charge in [0.2, 0.25) is 5.91 Å². The zero-order valence-electron chi connectivity index (χ0n) is 12.2. The lowest BCUT2D eigenvalue weighted by Gasteiger charge is -2.22. The molecule has 19 heavy (non-hydrogen) atoms. The number of benzene rings is 1. The second-order valence-corrected chi connectivity index (χ2v) is 6.18. The minimum Gasteiger partial charge on any atom is -0.341 e. The molecule has 0 fully saturated rings. The summed E-state index contributed by atoms with van der Waals surface area (Å²) >= 11 is 6.09. The molecule has 0 atom stereocenters. The van der Waals surface area contributed by atoms with Crippen LogP contribution in [0, 0.1) is 0 Å². The standard InChI is InChI=1S/C15H23ClN2O/c1-15(2,3)17-10-9-14(19)18(4)11-12-7-5-6-8-13(12)16/h5-8,17H,9-11H2,1-4H3. The molecule has 0 heterocycles. The van der Waals surface area contributed by atoms with Crippen LogP contribution >= 0.6 is 11.6 Å². The van der Waals surface area contributed by atoms with Crippen molar-refractivity contribution < 1.29 is 4.79 Å². The van der Waals surface area contributed by atoms with E-state index in [0.29, 0.717) is 24.5 Å².